The fraction of sp³-hybridized carbons (Fsp3) is 0.391. The van der Waals surface area contributed by atoms with Crippen LogP contribution < -0.4 is 4.90 Å². The van der Waals surface area contributed by atoms with Crippen LogP contribution in [-0.2, 0) is 4.74 Å². The Morgan fingerprint density at radius 3 is 2.52 bits per heavy atom. The van der Waals surface area contributed by atoms with E-state index in [4.69, 9.17) is 4.74 Å². The number of amides is 1. The molecule has 0 radical (unpaired) electrons. The SMILES string of the molecule is O=C(O)c1cccc(C2CCCN(C(=O)c3cccc(N4CCOCC4)c3)C2)c1. The normalized spacial score (nSPS) is 19.8. The average Bonchev–Trinajstić information content (AvgIpc) is 2.79. The van der Waals surface area contributed by atoms with Crippen molar-refractivity contribution in [3.8, 4) is 0 Å². The number of hydrogen-bond donors (Lipinski definition) is 1. The number of piperidine rings is 1. The first-order valence-corrected chi connectivity index (χ1v) is 10.2. The molecule has 0 aromatic heterocycles. The van der Waals surface area contributed by atoms with Crippen molar-refractivity contribution in [3.63, 3.8) is 0 Å². The lowest BCUT2D eigenvalue weighted by atomic mass is 9.89. The van der Waals surface area contributed by atoms with Crippen molar-refractivity contribution in [2.75, 3.05) is 44.3 Å². The molecule has 2 aromatic rings. The van der Waals surface area contributed by atoms with Crippen LogP contribution in [0.25, 0.3) is 0 Å². The summed E-state index contributed by atoms with van der Waals surface area (Å²) in [7, 11) is 0. The Balaban J connectivity index is 1.49. The molecule has 1 amide bonds. The van der Waals surface area contributed by atoms with Crippen molar-refractivity contribution in [2.24, 2.45) is 0 Å². The topological polar surface area (TPSA) is 70.1 Å². The molecule has 0 spiro atoms. The van der Waals surface area contributed by atoms with Gasteiger partial charge >= 0.3 is 5.97 Å². The summed E-state index contributed by atoms with van der Waals surface area (Å²) in [5.41, 5.74) is 3.05. The summed E-state index contributed by atoms with van der Waals surface area (Å²) in [6.45, 7) is 4.44. The zero-order chi connectivity index (χ0) is 20.2. The lowest BCUT2D eigenvalue weighted by molar-refractivity contribution is 0.0688. The molecular formula is C23H26N2O4. The van der Waals surface area contributed by atoms with Crippen molar-refractivity contribution < 1.29 is 19.4 Å². The number of aromatic carboxylic acids is 1. The van der Waals surface area contributed by atoms with Gasteiger partial charge in [-0.05, 0) is 48.7 Å². The third kappa shape index (κ3) is 4.43. The Kier molecular flexibility index (Phi) is 5.81. The Morgan fingerprint density at radius 1 is 0.966 bits per heavy atom. The summed E-state index contributed by atoms with van der Waals surface area (Å²) in [5.74, 6) is -0.718. The predicted molar refractivity (Wildman–Crippen MR) is 111 cm³/mol. The van der Waals surface area contributed by atoms with Crippen molar-refractivity contribution in [1.82, 2.24) is 4.90 Å². The number of ether oxygens (including phenoxy) is 1. The lowest BCUT2D eigenvalue weighted by Crippen LogP contribution is -2.39. The summed E-state index contributed by atoms with van der Waals surface area (Å²) >= 11 is 0. The van der Waals surface area contributed by atoms with Gasteiger partial charge in [0.05, 0.1) is 18.8 Å². The van der Waals surface area contributed by atoms with Gasteiger partial charge in [-0.25, -0.2) is 4.79 Å². The van der Waals surface area contributed by atoms with E-state index >= 15 is 0 Å². The summed E-state index contributed by atoms with van der Waals surface area (Å²) in [6.07, 6.45) is 1.87. The van der Waals surface area contributed by atoms with Gasteiger partial charge in [-0.1, -0.05) is 18.2 Å². The molecular weight excluding hydrogens is 368 g/mol. The van der Waals surface area contributed by atoms with Gasteiger partial charge in [0.1, 0.15) is 0 Å². The molecule has 0 bridgehead atoms. The molecule has 1 unspecified atom stereocenters. The molecule has 29 heavy (non-hydrogen) atoms. The van der Waals surface area contributed by atoms with Gasteiger partial charge in [-0.2, -0.15) is 0 Å². The highest BCUT2D eigenvalue weighted by Crippen LogP contribution is 2.29. The van der Waals surface area contributed by atoms with E-state index in [0.717, 1.165) is 43.7 Å². The fourth-order valence-corrected chi connectivity index (χ4v) is 4.20. The highest BCUT2D eigenvalue weighted by Gasteiger charge is 2.26. The second-order valence-corrected chi connectivity index (χ2v) is 7.67. The van der Waals surface area contributed by atoms with Crippen LogP contribution in [-0.4, -0.2) is 61.3 Å². The third-order valence-corrected chi connectivity index (χ3v) is 5.78. The number of likely N-dealkylation sites (tertiary alicyclic amines) is 1. The van der Waals surface area contributed by atoms with Crippen LogP contribution in [0.1, 0.15) is 45.0 Å². The van der Waals surface area contributed by atoms with Crippen LogP contribution in [0.15, 0.2) is 48.5 Å². The van der Waals surface area contributed by atoms with Crippen molar-refractivity contribution in [2.45, 2.75) is 18.8 Å². The minimum absolute atomic E-state index is 0.0409. The molecule has 6 heteroatoms. The molecule has 152 valence electrons. The molecule has 2 fully saturated rings. The number of carbonyl (C=O) groups is 2. The first kappa shape index (κ1) is 19.5. The van der Waals surface area contributed by atoms with Crippen molar-refractivity contribution >= 4 is 17.6 Å². The van der Waals surface area contributed by atoms with Gasteiger partial charge in [0.15, 0.2) is 0 Å². The summed E-state index contributed by atoms with van der Waals surface area (Å²) in [6, 6.07) is 14.9. The van der Waals surface area contributed by atoms with Gasteiger partial charge in [-0.3, -0.25) is 4.79 Å². The molecule has 2 heterocycles. The molecule has 1 N–H and O–H groups in total. The van der Waals surface area contributed by atoms with E-state index in [0.29, 0.717) is 30.9 Å². The number of carboxylic acids is 1. The molecule has 4 rings (SSSR count). The number of anilines is 1. The molecule has 2 aliphatic rings. The third-order valence-electron chi connectivity index (χ3n) is 5.78. The molecule has 2 saturated heterocycles. The minimum Gasteiger partial charge on any atom is -0.478 e. The van der Waals surface area contributed by atoms with Gasteiger partial charge in [-0.15, -0.1) is 0 Å². The van der Waals surface area contributed by atoms with Crippen LogP contribution in [0.2, 0.25) is 0 Å². The number of rotatable bonds is 4. The molecule has 6 nitrogen and oxygen atoms in total. The van der Waals surface area contributed by atoms with Crippen molar-refractivity contribution in [3.05, 3.63) is 65.2 Å². The Morgan fingerprint density at radius 2 is 1.72 bits per heavy atom. The Bertz CT molecular complexity index is 892. The van der Waals surface area contributed by atoms with E-state index in [-0.39, 0.29) is 11.8 Å². The zero-order valence-corrected chi connectivity index (χ0v) is 16.4. The first-order valence-electron chi connectivity index (χ1n) is 10.2. The molecule has 1 atom stereocenters. The maximum absolute atomic E-state index is 13.2. The molecule has 0 saturated carbocycles. The van der Waals surface area contributed by atoms with Gasteiger partial charge in [0.2, 0.25) is 0 Å². The van der Waals surface area contributed by atoms with Crippen LogP contribution in [0.5, 0.6) is 0 Å². The van der Waals surface area contributed by atoms with Crippen molar-refractivity contribution in [1.29, 1.82) is 0 Å². The first-order chi connectivity index (χ1) is 14.1. The predicted octanol–water partition coefficient (Wildman–Crippen LogP) is 3.24. The van der Waals surface area contributed by atoms with Gasteiger partial charge < -0.3 is 19.6 Å². The van der Waals surface area contributed by atoms with E-state index < -0.39 is 5.97 Å². The Hall–Kier alpha value is -2.86. The summed E-state index contributed by atoms with van der Waals surface area (Å²) in [4.78, 5) is 28.6. The highest BCUT2D eigenvalue weighted by molar-refractivity contribution is 5.95. The monoisotopic (exact) mass is 394 g/mol. The molecule has 0 aliphatic carbocycles. The lowest BCUT2D eigenvalue weighted by Gasteiger charge is -2.34. The largest absolute Gasteiger partial charge is 0.478 e. The smallest absolute Gasteiger partial charge is 0.335 e. The maximum atomic E-state index is 13.2. The number of hydrogen-bond acceptors (Lipinski definition) is 4. The second kappa shape index (κ2) is 8.66. The number of nitrogens with zero attached hydrogens (tertiary/aromatic N) is 2. The zero-order valence-electron chi connectivity index (χ0n) is 16.4. The second-order valence-electron chi connectivity index (χ2n) is 7.67. The quantitative estimate of drug-likeness (QED) is 0.862. The fourth-order valence-electron chi connectivity index (χ4n) is 4.20. The highest BCUT2D eigenvalue weighted by atomic mass is 16.5. The Labute approximate surface area is 170 Å². The van der Waals surface area contributed by atoms with E-state index in [9.17, 15) is 14.7 Å². The van der Waals surface area contributed by atoms with E-state index in [1.165, 1.54) is 0 Å². The maximum Gasteiger partial charge on any atom is 0.335 e. The number of morpholine rings is 1. The van der Waals surface area contributed by atoms with E-state index in [2.05, 4.69) is 4.90 Å². The summed E-state index contributed by atoms with van der Waals surface area (Å²) in [5, 5.41) is 9.25. The van der Waals surface area contributed by atoms with Gasteiger partial charge in [0.25, 0.3) is 5.91 Å². The number of carboxylic acid groups (broad SMARTS) is 1. The van der Waals surface area contributed by atoms with Crippen LogP contribution in [0.4, 0.5) is 5.69 Å². The molecule has 2 aliphatic heterocycles. The van der Waals surface area contributed by atoms with Crippen LogP contribution >= 0.6 is 0 Å². The number of carbonyl (C=O) groups excluding carboxylic acids is 1. The van der Waals surface area contributed by atoms with Gasteiger partial charge in [0, 0.05) is 43.3 Å². The number of benzene rings is 2. The van der Waals surface area contributed by atoms with Crippen LogP contribution in [0.3, 0.4) is 0 Å². The van der Waals surface area contributed by atoms with E-state index in [1.54, 1.807) is 18.2 Å². The van der Waals surface area contributed by atoms with E-state index in [1.807, 2.05) is 35.2 Å². The average molecular weight is 394 g/mol. The minimum atomic E-state index is -0.921. The summed E-state index contributed by atoms with van der Waals surface area (Å²) < 4.78 is 5.42. The standard InChI is InChI=1S/C23H26N2O4/c26-22(18-5-2-8-21(15-18)24-10-12-29-13-11-24)25-9-3-7-20(16-25)17-4-1-6-19(14-17)23(27)28/h1-2,4-6,8,14-15,20H,3,7,9-13,16H2,(H,27,28). The molecule has 2 aromatic carbocycles. The van der Waals surface area contributed by atoms with Crippen LogP contribution in [0, 0.1) is 0 Å².